The lowest BCUT2D eigenvalue weighted by Crippen LogP contribution is -2.29. The monoisotopic (exact) mass is 441 g/mol. The molecule has 0 amide bonds. The minimum atomic E-state index is -0.542. The first-order chi connectivity index (χ1) is 16.1. The Morgan fingerprint density at radius 1 is 1.00 bits per heavy atom. The van der Waals surface area contributed by atoms with Gasteiger partial charge in [0.2, 0.25) is 0 Å². The molecule has 0 N–H and O–H groups in total. The fourth-order valence-corrected chi connectivity index (χ4v) is 5.23. The normalized spacial score (nSPS) is 17.5. The van der Waals surface area contributed by atoms with Crippen molar-refractivity contribution in [3.63, 3.8) is 0 Å². The molecule has 4 rings (SSSR count). The van der Waals surface area contributed by atoms with Crippen LogP contribution in [0.5, 0.6) is 5.75 Å². The number of benzene rings is 2. The Bertz CT molecular complexity index is 1200. The van der Waals surface area contributed by atoms with Crippen LogP contribution in [0.1, 0.15) is 44.5 Å². The quantitative estimate of drug-likeness (QED) is 0.391. The van der Waals surface area contributed by atoms with Gasteiger partial charge in [-0.1, -0.05) is 36.4 Å². The molecule has 4 heteroatoms. The third-order valence-corrected chi connectivity index (χ3v) is 6.72. The molecule has 0 spiro atoms. The van der Waals surface area contributed by atoms with E-state index >= 15 is 0 Å². The van der Waals surface area contributed by atoms with Gasteiger partial charge in [-0.15, -0.1) is 0 Å². The van der Waals surface area contributed by atoms with E-state index in [0.29, 0.717) is 6.61 Å². The summed E-state index contributed by atoms with van der Waals surface area (Å²) in [6.07, 6.45) is 10.3. The number of hydrogen-bond acceptors (Lipinski definition) is 3. The second-order valence-electron chi connectivity index (χ2n) is 8.36. The summed E-state index contributed by atoms with van der Waals surface area (Å²) in [5.74, 6) is 0.910. The maximum Gasteiger partial charge on any atom is 0.126 e. The number of fused-ring (bicyclic) bond motifs is 1. The minimum Gasteiger partial charge on any atom is -0.493 e. The maximum absolute atomic E-state index is 6.29. The molecule has 4 nitrogen and oxygen atoms in total. The molecule has 2 heterocycles. The molecule has 3 aromatic rings. The maximum atomic E-state index is 6.29. The summed E-state index contributed by atoms with van der Waals surface area (Å²) in [7, 11) is 0. The van der Waals surface area contributed by atoms with Gasteiger partial charge in [-0.2, -0.15) is 0 Å². The molecule has 0 radical (unpaired) electrons. The van der Waals surface area contributed by atoms with Gasteiger partial charge in [-0.25, -0.2) is 0 Å². The molecule has 2 aromatic carbocycles. The SMILES string of the molecule is CCOc1cc(N(CC)CC)ccc1C1(c2c(C)n(CC)c3ccccc23)C=CC=CN=C1. The van der Waals surface area contributed by atoms with Gasteiger partial charge in [-0.3, -0.25) is 4.99 Å². The Morgan fingerprint density at radius 3 is 2.52 bits per heavy atom. The number of nitrogens with zero attached hydrogens (tertiary/aromatic N) is 3. The summed E-state index contributed by atoms with van der Waals surface area (Å²) in [4.78, 5) is 7.06. The second kappa shape index (κ2) is 9.70. The summed E-state index contributed by atoms with van der Waals surface area (Å²) >= 11 is 0. The van der Waals surface area contributed by atoms with Gasteiger partial charge in [0.15, 0.2) is 0 Å². The van der Waals surface area contributed by atoms with Crippen molar-refractivity contribution in [1.82, 2.24) is 4.57 Å². The highest BCUT2D eigenvalue weighted by Crippen LogP contribution is 2.45. The highest BCUT2D eigenvalue weighted by Gasteiger charge is 2.38. The number of allylic oxidation sites excluding steroid dienone is 3. The van der Waals surface area contributed by atoms with E-state index in [0.717, 1.165) is 30.9 Å². The van der Waals surface area contributed by atoms with Crippen molar-refractivity contribution in [2.45, 2.75) is 46.6 Å². The zero-order valence-corrected chi connectivity index (χ0v) is 20.5. The van der Waals surface area contributed by atoms with Crippen LogP contribution in [0, 0.1) is 6.92 Å². The third kappa shape index (κ3) is 3.88. The van der Waals surface area contributed by atoms with E-state index in [1.165, 1.54) is 27.8 Å². The lowest BCUT2D eigenvalue weighted by Gasteiger charge is -2.31. The third-order valence-electron chi connectivity index (χ3n) is 6.72. The van der Waals surface area contributed by atoms with Gasteiger partial charge >= 0.3 is 0 Å². The molecule has 0 bridgehead atoms. The first kappa shape index (κ1) is 22.9. The smallest absolute Gasteiger partial charge is 0.126 e. The van der Waals surface area contributed by atoms with Crippen molar-refractivity contribution >= 4 is 22.8 Å². The number of aliphatic imine (C=N–C) groups is 1. The first-order valence-corrected chi connectivity index (χ1v) is 12.1. The number of ether oxygens (including phenoxy) is 1. The molecule has 172 valence electrons. The van der Waals surface area contributed by atoms with Crippen LogP contribution in [0.3, 0.4) is 0 Å². The summed E-state index contributed by atoms with van der Waals surface area (Å²) in [6, 6.07) is 15.3. The van der Waals surface area contributed by atoms with Crippen LogP contribution in [0.15, 0.2) is 71.9 Å². The fraction of sp³-hybridized carbons (Fsp3) is 0.345. The van der Waals surface area contributed by atoms with Crippen molar-refractivity contribution in [3.8, 4) is 5.75 Å². The summed E-state index contributed by atoms with van der Waals surface area (Å²) in [5, 5.41) is 1.25. The van der Waals surface area contributed by atoms with Gasteiger partial charge in [0.25, 0.3) is 0 Å². The van der Waals surface area contributed by atoms with Gasteiger partial charge < -0.3 is 14.2 Å². The van der Waals surface area contributed by atoms with Crippen LogP contribution in [0.4, 0.5) is 5.69 Å². The number of aryl methyl sites for hydroxylation is 1. The lowest BCUT2D eigenvalue weighted by molar-refractivity contribution is 0.335. The van der Waals surface area contributed by atoms with Crippen LogP contribution in [0.25, 0.3) is 10.9 Å². The molecule has 1 aliphatic heterocycles. The van der Waals surface area contributed by atoms with Gasteiger partial charge in [0.05, 0.1) is 12.0 Å². The van der Waals surface area contributed by atoms with Crippen molar-refractivity contribution in [2.24, 2.45) is 4.99 Å². The molecule has 33 heavy (non-hydrogen) atoms. The zero-order valence-electron chi connectivity index (χ0n) is 20.5. The molecule has 0 saturated carbocycles. The van der Waals surface area contributed by atoms with Crippen molar-refractivity contribution in [3.05, 3.63) is 83.7 Å². The number of hydrogen-bond donors (Lipinski definition) is 0. The highest BCUT2D eigenvalue weighted by molar-refractivity contribution is 5.96. The standard InChI is InChI=1S/C29H35N3O/c1-6-31(7-2)23-16-17-25(27(20-23)33-9-4)29(18-12-13-19-30-21-29)28-22(5)32(8-3)26-15-11-10-14-24(26)28/h10-21H,6-9H2,1-5H3. The van der Waals surface area contributed by atoms with E-state index in [4.69, 9.17) is 9.73 Å². The van der Waals surface area contributed by atoms with Crippen LogP contribution >= 0.6 is 0 Å². The fourth-order valence-electron chi connectivity index (χ4n) is 5.23. The van der Waals surface area contributed by atoms with Crippen LogP contribution < -0.4 is 9.64 Å². The number of rotatable bonds is 8. The first-order valence-electron chi connectivity index (χ1n) is 12.1. The van der Waals surface area contributed by atoms with E-state index < -0.39 is 5.41 Å². The summed E-state index contributed by atoms with van der Waals surface area (Å²) in [5.41, 5.74) is 5.53. The van der Waals surface area contributed by atoms with Crippen LogP contribution in [0.2, 0.25) is 0 Å². The topological polar surface area (TPSA) is 29.8 Å². The molecule has 1 aromatic heterocycles. The van der Waals surface area contributed by atoms with Gasteiger partial charge in [0.1, 0.15) is 5.75 Å². The Hall–Kier alpha value is -3.27. The predicted octanol–water partition coefficient (Wildman–Crippen LogP) is 6.65. The predicted molar refractivity (Wildman–Crippen MR) is 141 cm³/mol. The lowest BCUT2D eigenvalue weighted by atomic mass is 9.73. The number of anilines is 1. The Kier molecular flexibility index (Phi) is 6.73. The van der Waals surface area contributed by atoms with E-state index in [9.17, 15) is 0 Å². The average Bonchev–Trinajstić information content (AvgIpc) is 2.96. The molecular formula is C29H35N3O. The van der Waals surface area contributed by atoms with Crippen molar-refractivity contribution in [1.29, 1.82) is 0 Å². The number of para-hydroxylation sites is 1. The van der Waals surface area contributed by atoms with Crippen molar-refractivity contribution in [2.75, 3.05) is 24.6 Å². The van der Waals surface area contributed by atoms with E-state index in [-0.39, 0.29) is 0 Å². The van der Waals surface area contributed by atoms with E-state index in [2.05, 4.69) is 98.0 Å². The Morgan fingerprint density at radius 2 is 1.79 bits per heavy atom. The van der Waals surface area contributed by atoms with Crippen LogP contribution in [-0.4, -0.2) is 30.5 Å². The van der Waals surface area contributed by atoms with Crippen molar-refractivity contribution < 1.29 is 4.74 Å². The molecule has 1 atom stereocenters. The summed E-state index contributed by atoms with van der Waals surface area (Å²) < 4.78 is 8.69. The van der Waals surface area contributed by atoms with Gasteiger partial charge in [-0.05, 0) is 52.8 Å². The Balaban J connectivity index is 2.05. The van der Waals surface area contributed by atoms with E-state index in [1.807, 2.05) is 19.2 Å². The summed E-state index contributed by atoms with van der Waals surface area (Å²) in [6.45, 7) is 14.3. The average molecular weight is 442 g/mol. The largest absolute Gasteiger partial charge is 0.493 e. The molecule has 0 aliphatic carbocycles. The van der Waals surface area contributed by atoms with Crippen LogP contribution in [-0.2, 0) is 12.0 Å². The number of aromatic nitrogens is 1. The molecule has 0 saturated heterocycles. The zero-order chi connectivity index (χ0) is 23.4. The second-order valence-corrected chi connectivity index (χ2v) is 8.36. The molecule has 1 aliphatic rings. The highest BCUT2D eigenvalue weighted by atomic mass is 16.5. The van der Waals surface area contributed by atoms with E-state index in [1.54, 1.807) is 0 Å². The molecular weight excluding hydrogens is 406 g/mol. The molecule has 0 fully saturated rings. The van der Waals surface area contributed by atoms with Gasteiger partial charge in [0, 0.05) is 71.5 Å². The minimum absolute atomic E-state index is 0.542. The Labute approximate surface area is 197 Å². The molecule has 1 unspecified atom stereocenters.